The monoisotopic (exact) mass is 418 g/mol. The minimum atomic E-state index is -0.336. The number of halogens is 2. The van der Waals surface area contributed by atoms with Gasteiger partial charge in [-0.25, -0.2) is 0 Å². The molecular weight excluding hydrogens is 408 g/mol. The molecular formula is C14H12Br2O5. The van der Waals surface area contributed by atoms with Crippen molar-refractivity contribution in [3.8, 4) is 23.0 Å². The summed E-state index contributed by atoms with van der Waals surface area (Å²) in [6.07, 6.45) is 0.162. The van der Waals surface area contributed by atoms with Crippen LogP contribution in [0, 0.1) is 0 Å². The van der Waals surface area contributed by atoms with Crippen LogP contribution in [0.5, 0.6) is 23.0 Å². The first-order valence-electron chi connectivity index (χ1n) is 5.88. The van der Waals surface area contributed by atoms with Crippen molar-refractivity contribution in [3.63, 3.8) is 0 Å². The van der Waals surface area contributed by atoms with Crippen LogP contribution in [0.4, 0.5) is 0 Å². The Balaban J connectivity index is 2.51. The molecule has 21 heavy (non-hydrogen) atoms. The van der Waals surface area contributed by atoms with E-state index in [1.54, 1.807) is 6.07 Å². The molecule has 0 unspecified atom stereocenters. The molecule has 0 saturated heterocycles. The minimum Gasteiger partial charge on any atom is -0.504 e. The molecule has 2 aromatic carbocycles. The summed E-state index contributed by atoms with van der Waals surface area (Å²) in [4.78, 5) is 0. The molecule has 0 heterocycles. The van der Waals surface area contributed by atoms with Gasteiger partial charge in [-0.2, -0.15) is 0 Å². The molecule has 2 rings (SSSR count). The zero-order valence-electron chi connectivity index (χ0n) is 10.6. The molecule has 0 spiro atoms. The lowest BCUT2D eigenvalue weighted by molar-refractivity contribution is 0.279. The number of hydrogen-bond acceptors (Lipinski definition) is 5. The lowest BCUT2D eigenvalue weighted by atomic mass is 9.98. The zero-order valence-corrected chi connectivity index (χ0v) is 13.8. The van der Waals surface area contributed by atoms with Gasteiger partial charge in [0.1, 0.15) is 0 Å². The second-order valence-corrected chi connectivity index (χ2v) is 6.18. The molecule has 0 fully saturated rings. The van der Waals surface area contributed by atoms with Gasteiger partial charge >= 0.3 is 0 Å². The molecule has 0 atom stereocenters. The first kappa shape index (κ1) is 15.9. The average molecular weight is 420 g/mol. The smallest absolute Gasteiger partial charge is 0.172 e. The normalized spacial score (nSPS) is 10.8. The van der Waals surface area contributed by atoms with Crippen LogP contribution in [0.1, 0.15) is 16.7 Å². The van der Waals surface area contributed by atoms with Gasteiger partial charge in [0.05, 0.1) is 15.6 Å². The van der Waals surface area contributed by atoms with Gasteiger partial charge in [0, 0.05) is 12.0 Å². The van der Waals surface area contributed by atoms with Gasteiger partial charge in [-0.1, -0.05) is 0 Å². The summed E-state index contributed by atoms with van der Waals surface area (Å²) >= 11 is 6.20. The molecule has 0 saturated carbocycles. The standard InChI is InChI=1S/C14H12Br2O5/c15-9-2-6(3-11(18)13(9)20)1-8-7(5-17)4-10(16)14(21)12(8)19/h2-4,17-21H,1,5H2. The first-order valence-corrected chi connectivity index (χ1v) is 7.47. The Bertz CT molecular complexity index is 677. The summed E-state index contributed by atoms with van der Waals surface area (Å²) in [5.74, 6) is -1.23. The number of aromatic hydroxyl groups is 4. The third-order valence-electron chi connectivity index (χ3n) is 3.08. The van der Waals surface area contributed by atoms with Crippen molar-refractivity contribution >= 4 is 31.9 Å². The number of rotatable bonds is 3. The van der Waals surface area contributed by atoms with Crippen LogP contribution in [0.15, 0.2) is 27.1 Å². The van der Waals surface area contributed by atoms with Crippen LogP contribution < -0.4 is 0 Å². The topological polar surface area (TPSA) is 101 Å². The summed E-state index contributed by atoms with van der Waals surface area (Å²) in [6, 6.07) is 4.44. The number of phenolic OH excluding ortho intramolecular Hbond substituents is 4. The van der Waals surface area contributed by atoms with E-state index in [-0.39, 0.29) is 40.5 Å². The van der Waals surface area contributed by atoms with Crippen LogP contribution in [0.3, 0.4) is 0 Å². The summed E-state index contributed by atoms with van der Waals surface area (Å²) in [6.45, 7) is -0.312. The molecule has 0 amide bonds. The van der Waals surface area contributed by atoms with Gasteiger partial charge < -0.3 is 25.5 Å². The average Bonchev–Trinajstić information content (AvgIpc) is 2.45. The Hall–Kier alpha value is -1.44. The van der Waals surface area contributed by atoms with Crippen molar-refractivity contribution in [2.24, 2.45) is 0 Å². The highest BCUT2D eigenvalue weighted by Gasteiger charge is 2.17. The second-order valence-electron chi connectivity index (χ2n) is 4.47. The number of hydrogen-bond donors (Lipinski definition) is 5. The molecule has 112 valence electrons. The van der Waals surface area contributed by atoms with E-state index < -0.39 is 0 Å². The van der Waals surface area contributed by atoms with Crippen molar-refractivity contribution in [2.75, 3.05) is 0 Å². The van der Waals surface area contributed by atoms with Crippen molar-refractivity contribution in [3.05, 3.63) is 43.8 Å². The highest BCUT2D eigenvalue weighted by atomic mass is 79.9. The van der Waals surface area contributed by atoms with Crippen molar-refractivity contribution in [1.82, 2.24) is 0 Å². The fourth-order valence-electron chi connectivity index (χ4n) is 2.00. The van der Waals surface area contributed by atoms with Crippen LogP contribution in [-0.4, -0.2) is 25.5 Å². The maximum Gasteiger partial charge on any atom is 0.172 e. The SMILES string of the molecule is OCc1cc(Br)c(O)c(O)c1Cc1cc(O)c(O)c(Br)c1. The molecule has 0 radical (unpaired) electrons. The van der Waals surface area contributed by atoms with E-state index in [9.17, 15) is 25.5 Å². The molecule has 7 heteroatoms. The zero-order chi connectivity index (χ0) is 15.7. The Labute approximate surface area is 137 Å². The number of benzene rings is 2. The van der Waals surface area contributed by atoms with Crippen LogP contribution >= 0.6 is 31.9 Å². The quantitative estimate of drug-likeness (QED) is 0.492. The largest absolute Gasteiger partial charge is 0.504 e. The third-order valence-corrected chi connectivity index (χ3v) is 4.29. The Morgan fingerprint density at radius 1 is 0.810 bits per heavy atom. The van der Waals surface area contributed by atoms with E-state index in [4.69, 9.17) is 0 Å². The van der Waals surface area contributed by atoms with Gasteiger partial charge in [0.25, 0.3) is 0 Å². The maximum absolute atomic E-state index is 10.0. The van der Waals surface area contributed by atoms with Crippen molar-refractivity contribution in [1.29, 1.82) is 0 Å². The first-order chi connectivity index (χ1) is 9.85. The molecule has 2 aromatic rings. The number of phenols is 4. The Kier molecular flexibility index (Phi) is 4.65. The van der Waals surface area contributed by atoms with Gasteiger partial charge in [-0.15, -0.1) is 0 Å². The van der Waals surface area contributed by atoms with Gasteiger partial charge in [0.2, 0.25) is 0 Å². The van der Waals surface area contributed by atoms with E-state index >= 15 is 0 Å². The minimum absolute atomic E-state index is 0.162. The molecule has 0 aliphatic carbocycles. The molecule has 0 aromatic heterocycles. The highest BCUT2D eigenvalue weighted by Crippen LogP contribution is 2.41. The molecule has 0 bridgehead atoms. The van der Waals surface area contributed by atoms with Crippen molar-refractivity contribution in [2.45, 2.75) is 13.0 Å². The summed E-state index contributed by atoms with van der Waals surface area (Å²) < 4.78 is 0.589. The Morgan fingerprint density at radius 2 is 1.43 bits per heavy atom. The fourth-order valence-corrected chi connectivity index (χ4v) is 2.96. The summed E-state index contributed by atoms with van der Waals surface area (Å²) in [5, 5.41) is 48.3. The number of aliphatic hydroxyl groups is 1. The van der Waals surface area contributed by atoms with E-state index in [2.05, 4.69) is 31.9 Å². The predicted octanol–water partition coefficient (Wildman–Crippen LogP) is 3.12. The van der Waals surface area contributed by atoms with Crippen LogP contribution in [0.25, 0.3) is 0 Å². The molecule has 0 aliphatic heterocycles. The van der Waals surface area contributed by atoms with Crippen LogP contribution in [-0.2, 0) is 13.0 Å². The van der Waals surface area contributed by atoms with Gasteiger partial charge in [-0.05, 0) is 61.2 Å². The molecule has 5 N–H and O–H groups in total. The summed E-state index contributed by atoms with van der Waals surface area (Å²) in [7, 11) is 0. The fraction of sp³-hybridized carbons (Fsp3) is 0.143. The van der Waals surface area contributed by atoms with E-state index in [1.807, 2.05) is 0 Å². The Morgan fingerprint density at radius 3 is 2.00 bits per heavy atom. The number of aliphatic hydroxyl groups excluding tert-OH is 1. The molecule has 5 nitrogen and oxygen atoms in total. The lowest BCUT2D eigenvalue weighted by Gasteiger charge is -2.13. The van der Waals surface area contributed by atoms with Gasteiger partial charge in [-0.3, -0.25) is 0 Å². The molecule has 0 aliphatic rings. The summed E-state index contributed by atoms with van der Waals surface area (Å²) in [5.41, 5.74) is 1.37. The van der Waals surface area contributed by atoms with E-state index in [1.165, 1.54) is 12.1 Å². The maximum atomic E-state index is 10.0. The van der Waals surface area contributed by atoms with E-state index in [0.29, 0.717) is 21.2 Å². The highest BCUT2D eigenvalue weighted by molar-refractivity contribution is 9.10. The van der Waals surface area contributed by atoms with E-state index in [0.717, 1.165) is 0 Å². The predicted molar refractivity (Wildman–Crippen MR) is 83.7 cm³/mol. The lowest BCUT2D eigenvalue weighted by Crippen LogP contribution is -1.98. The second kappa shape index (κ2) is 6.13. The van der Waals surface area contributed by atoms with Crippen molar-refractivity contribution < 1.29 is 25.5 Å². The third kappa shape index (κ3) is 3.09. The van der Waals surface area contributed by atoms with Gasteiger partial charge in [0.15, 0.2) is 23.0 Å². The van der Waals surface area contributed by atoms with Crippen LogP contribution in [0.2, 0.25) is 0 Å².